The van der Waals surface area contributed by atoms with Crippen molar-refractivity contribution in [1.82, 2.24) is 10.2 Å². The van der Waals surface area contributed by atoms with Gasteiger partial charge in [0.05, 0.1) is 0 Å². The van der Waals surface area contributed by atoms with Gasteiger partial charge in [-0.3, -0.25) is 0 Å². The van der Waals surface area contributed by atoms with Crippen LogP contribution in [0.2, 0.25) is 0 Å². The third kappa shape index (κ3) is 2.49. The van der Waals surface area contributed by atoms with E-state index in [9.17, 15) is 0 Å². The van der Waals surface area contributed by atoms with Crippen LogP contribution in [0.5, 0.6) is 0 Å². The number of fused-ring (bicyclic) bond motifs is 2. The molecule has 3 rings (SSSR count). The summed E-state index contributed by atoms with van der Waals surface area (Å²) in [7, 11) is 0. The number of alkyl halides is 1. The van der Waals surface area contributed by atoms with E-state index in [1.807, 2.05) is 0 Å². The topological polar surface area (TPSA) is 38.9 Å². The predicted octanol–water partition coefficient (Wildman–Crippen LogP) is 3.22. The Balaban J connectivity index is 1.56. The molecule has 0 N–H and O–H groups in total. The number of aryl methyl sites for hydroxylation is 1. The van der Waals surface area contributed by atoms with E-state index in [0.29, 0.717) is 5.88 Å². The lowest BCUT2D eigenvalue weighted by Gasteiger charge is -2.19. The fourth-order valence-electron chi connectivity index (χ4n) is 3.54. The summed E-state index contributed by atoms with van der Waals surface area (Å²) in [6.45, 7) is 0. The summed E-state index contributed by atoms with van der Waals surface area (Å²) >= 11 is 5.65. The van der Waals surface area contributed by atoms with Crippen molar-refractivity contribution in [3.05, 3.63) is 11.8 Å². The maximum absolute atomic E-state index is 5.67. The lowest BCUT2D eigenvalue weighted by molar-refractivity contribution is 0.303. The van der Waals surface area contributed by atoms with Crippen LogP contribution in [0, 0.1) is 17.8 Å². The van der Waals surface area contributed by atoms with E-state index in [0.717, 1.165) is 48.8 Å². The first kappa shape index (κ1) is 11.5. The van der Waals surface area contributed by atoms with Gasteiger partial charge in [-0.15, -0.1) is 21.8 Å². The molecule has 0 aliphatic heterocycles. The largest absolute Gasteiger partial charge is 0.425 e. The summed E-state index contributed by atoms with van der Waals surface area (Å²) in [4.78, 5) is 0. The molecule has 2 fully saturated rings. The van der Waals surface area contributed by atoms with E-state index >= 15 is 0 Å². The van der Waals surface area contributed by atoms with E-state index in [4.69, 9.17) is 16.0 Å². The van der Waals surface area contributed by atoms with Gasteiger partial charge in [0.15, 0.2) is 0 Å². The Bertz CT molecular complexity index is 379. The molecule has 3 atom stereocenters. The molecule has 2 aliphatic carbocycles. The van der Waals surface area contributed by atoms with Crippen LogP contribution < -0.4 is 0 Å². The first-order valence-electron chi connectivity index (χ1n) is 6.72. The van der Waals surface area contributed by atoms with Crippen molar-refractivity contribution >= 4 is 11.6 Å². The lowest BCUT2D eigenvalue weighted by Crippen LogP contribution is -2.13. The number of rotatable bonds is 5. The van der Waals surface area contributed by atoms with Crippen LogP contribution in [0.1, 0.15) is 43.9 Å². The van der Waals surface area contributed by atoms with E-state index in [1.54, 1.807) is 0 Å². The Hall–Kier alpha value is -0.570. The second kappa shape index (κ2) is 4.97. The molecular weight excluding hydrogens is 236 g/mol. The van der Waals surface area contributed by atoms with E-state index in [1.165, 1.54) is 25.7 Å². The quantitative estimate of drug-likeness (QED) is 0.758. The van der Waals surface area contributed by atoms with E-state index < -0.39 is 0 Å². The summed E-state index contributed by atoms with van der Waals surface area (Å²) in [6.07, 6.45) is 8.41. The Kier molecular flexibility index (Phi) is 3.37. The fourth-order valence-corrected chi connectivity index (χ4v) is 3.67. The molecule has 1 aromatic rings. The molecule has 94 valence electrons. The minimum absolute atomic E-state index is 0.657. The van der Waals surface area contributed by atoms with Gasteiger partial charge in [-0.25, -0.2) is 0 Å². The lowest BCUT2D eigenvalue weighted by atomic mass is 9.86. The molecule has 0 aromatic carbocycles. The zero-order chi connectivity index (χ0) is 11.7. The summed E-state index contributed by atoms with van der Waals surface area (Å²) < 4.78 is 5.67. The molecule has 0 saturated heterocycles. The van der Waals surface area contributed by atoms with Crippen LogP contribution in [0.3, 0.4) is 0 Å². The molecule has 2 aliphatic rings. The molecule has 3 unspecified atom stereocenters. The van der Waals surface area contributed by atoms with Gasteiger partial charge in [-0.1, -0.05) is 6.42 Å². The Morgan fingerprint density at radius 1 is 1.18 bits per heavy atom. The Labute approximate surface area is 107 Å². The van der Waals surface area contributed by atoms with Crippen LogP contribution in [0.4, 0.5) is 0 Å². The average Bonchev–Trinajstić information content (AvgIpc) is 3.02. The van der Waals surface area contributed by atoms with Crippen molar-refractivity contribution in [3.63, 3.8) is 0 Å². The van der Waals surface area contributed by atoms with E-state index in [2.05, 4.69) is 10.2 Å². The molecule has 2 bridgehead atoms. The molecule has 1 heterocycles. The molecular formula is C13H19ClN2O. The molecule has 2 saturated carbocycles. The van der Waals surface area contributed by atoms with Crippen LogP contribution in [0.15, 0.2) is 4.42 Å². The zero-order valence-electron chi connectivity index (χ0n) is 10.1. The van der Waals surface area contributed by atoms with Crippen molar-refractivity contribution in [1.29, 1.82) is 0 Å². The summed E-state index contributed by atoms with van der Waals surface area (Å²) in [5, 5.41) is 8.24. The van der Waals surface area contributed by atoms with Crippen molar-refractivity contribution in [2.75, 3.05) is 5.88 Å². The molecule has 0 spiro atoms. The minimum Gasteiger partial charge on any atom is -0.425 e. The first-order valence-corrected chi connectivity index (χ1v) is 7.26. The van der Waals surface area contributed by atoms with Gasteiger partial charge in [0.2, 0.25) is 11.8 Å². The Morgan fingerprint density at radius 3 is 2.76 bits per heavy atom. The highest BCUT2D eigenvalue weighted by molar-refractivity contribution is 6.17. The summed E-state index contributed by atoms with van der Waals surface area (Å²) in [5.74, 6) is 4.97. The van der Waals surface area contributed by atoms with Gasteiger partial charge < -0.3 is 4.42 Å². The van der Waals surface area contributed by atoms with Crippen LogP contribution in [-0.2, 0) is 12.8 Å². The number of hydrogen-bond donors (Lipinski definition) is 0. The highest BCUT2D eigenvalue weighted by atomic mass is 35.5. The molecule has 4 heteroatoms. The maximum atomic E-state index is 5.67. The van der Waals surface area contributed by atoms with Gasteiger partial charge in [-0.2, -0.15) is 0 Å². The third-order valence-corrected chi connectivity index (χ3v) is 4.62. The highest BCUT2D eigenvalue weighted by Gasteiger charge is 2.39. The van der Waals surface area contributed by atoms with Gasteiger partial charge >= 0.3 is 0 Å². The summed E-state index contributed by atoms with van der Waals surface area (Å²) in [5.41, 5.74) is 0. The van der Waals surface area contributed by atoms with Crippen LogP contribution in [0.25, 0.3) is 0 Å². The molecule has 3 nitrogen and oxygen atoms in total. The second-order valence-corrected chi connectivity index (χ2v) is 5.90. The first-order chi connectivity index (χ1) is 8.35. The maximum Gasteiger partial charge on any atom is 0.216 e. The highest BCUT2D eigenvalue weighted by Crippen LogP contribution is 2.49. The monoisotopic (exact) mass is 254 g/mol. The van der Waals surface area contributed by atoms with Gasteiger partial charge in [0.1, 0.15) is 0 Å². The molecule has 17 heavy (non-hydrogen) atoms. The molecule has 1 aromatic heterocycles. The Morgan fingerprint density at radius 2 is 2.06 bits per heavy atom. The standard InChI is InChI=1S/C13H19ClN2O/c14-5-1-2-12-15-16-13(17-12)8-11-7-9-3-4-10(11)6-9/h9-11H,1-8H2. The average molecular weight is 255 g/mol. The van der Waals surface area contributed by atoms with Crippen molar-refractivity contribution in [2.24, 2.45) is 17.8 Å². The number of halogens is 1. The number of nitrogens with zero attached hydrogens (tertiary/aromatic N) is 2. The van der Waals surface area contributed by atoms with Crippen LogP contribution >= 0.6 is 11.6 Å². The van der Waals surface area contributed by atoms with Gasteiger partial charge in [-0.05, 0) is 43.4 Å². The van der Waals surface area contributed by atoms with E-state index in [-0.39, 0.29) is 0 Å². The molecule has 0 amide bonds. The van der Waals surface area contributed by atoms with Crippen molar-refractivity contribution in [2.45, 2.75) is 44.9 Å². The SMILES string of the molecule is ClCCCc1nnc(CC2CC3CCC2C3)o1. The van der Waals surface area contributed by atoms with Crippen molar-refractivity contribution < 1.29 is 4.42 Å². The molecule has 0 radical (unpaired) electrons. The third-order valence-electron chi connectivity index (χ3n) is 4.35. The smallest absolute Gasteiger partial charge is 0.216 e. The number of hydrogen-bond acceptors (Lipinski definition) is 3. The van der Waals surface area contributed by atoms with Gasteiger partial charge in [0.25, 0.3) is 0 Å². The summed E-state index contributed by atoms with van der Waals surface area (Å²) in [6, 6.07) is 0. The minimum atomic E-state index is 0.657. The fraction of sp³-hybridized carbons (Fsp3) is 0.846. The number of aromatic nitrogens is 2. The second-order valence-electron chi connectivity index (χ2n) is 5.52. The zero-order valence-corrected chi connectivity index (χ0v) is 10.8. The van der Waals surface area contributed by atoms with Crippen molar-refractivity contribution in [3.8, 4) is 0 Å². The van der Waals surface area contributed by atoms with Crippen LogP contribution in [-0.4, -0.2) is 16.1 Å². The predicted molar refractivity (Wildman–Crippen MR) is 66.0 cm³/mol. The van der Waals surface area contributed by atoms with Gasteiger partial charge in [0, 0.05) is 18.7 Å². The normalized spacial score (nSPS) is 31.2.